The van der Waals surface area contributed by atoms with E-state index in [0.29, 0.717) is 29.5 Å². The molecule has 0 spiro atoms. The van der Waals surface area contributed by atoms with E-state index in [1.165, 1.54) is 0 Å². The number of likely N-dealkylation sites (tertiary alicyclic amines) is 1. The molecule has 0 unspecified atom stereocenters. The van der Waals surface area contributed by atoms with Crippen LogP contribution in [-0.4, -0.2) is 42.1 Å². The third-order valence-corrected chi connectivity index (χ3v) is 3.66. The SMILES string of the molecule is CCc1onc(C)c1C(=O)N1CCC(NC)CC1.Cl. The number of carbonyl (C=O) groups is 1. The van der Waals surface area contributed by atoms with Crippen molar-refractivity contribution in [3.8, 4) is 0 Å². The first kappa shape index (κ1) is 16.0. The van der Waals surface area contributed by atoms with Crippen molar-refractivity contribution in [1.82, 2.24) is 15.4 Å². The van der Waals surface area contributed by atoms with Crippen LogP contribution in [0.2, 0.25) is 0 Å². The van der Waals surface area contributed by atoms with Crippen molar-refractivity contribution < 1.29 is 9.32 Å². The summed E-state index contributed by atoms with van der Waals surface area (Å²) in [5.74, 6) is 0.772. The molecule has 1 amide bonds. The summed E-state index contributed by atoms with van der Waals surface area (Å²) in [6, 6.07) is 0.531. The molecule has 0 aromatic carbocycles. The Kier molecular flexibility index (Phi) is 5.82. The maximum Gasteiger partial charge on any atom is 0.259 e. The molecule has 5 nitrogen and oxygen atoms in total. The Hall–Kier alpha value is -1.07. The first-order chi connectivity index (χ1) is 8.67. The van der Waals surface area contributed by atoms with Crippen LogP contribution in [0.25, 0.3) is 0 Å². The maximum atomic E-state index is 12.5. The van der Waals surface area contributed by atoms with E-state index in [2.05, 4.69) is 10.5 Å². The number of halogens is 1. The van der Waals surface area contributed by atoms with Crippen molar-refractivity contribution in [3.63, 3.8) is 0 Å². The van der Waals surface area contributed by atoms with Crippen molar-refractivity contribution in [2.75, 3.05) is 20.1 Å². The van der Waals surface area contributed by atoms with Crippen LogP contribution in [0.5, 0.6) is 0 Å². The summed E-state index contributed by atoms with van der Waals surface area (Å²) in [7, 11) is 1.97. The van der Waals surface area contributed by atoms with Gasteiger partial charge in [0.05, 0.1) is 5.69 Å². The smallest absolute Gasteiger partial charge is 0.259 e. The lowest BCUT2D eigenvalue weighted by molar-refractivity contribution is 0.0704. The zero-order valence-corrected chi connectivity index (χ0v) is 12.5. The number of rotatable bonds is 3. The fourth-order valence-electron chi connectivity index (χ4n) is 2.46. The lowest BCUT2D eigenvalue weighted by Crippen LogP contribution is -2.44. The molecule has 0 aliphatic carbocycles. The van der Waals surface area contributed by atoms with Crippen LogP contribution in [0.1, 0.15) is 41.6 Å². The fourth-order valence-corrected chi connectivity index (χ4v) is 2.46. The van der Waals surface area contributed by atoms with Gasteiger partial charge in [-0.3, -0.25) is 4.79 Å². The molecule has 0 radical (unpaired) electrons. The van der Waals surface area contributed by atoms with Crippen LogP contribution < -0.4 is 5.32 Å². The molecule has 19 heavy (non-hydrogen) atoms. The topological polar surface area (TPSA) is 58.4 Å². The van der Waals surface area contributed by atoms with Crippen LogP contribution in [0.3, 0.4) is 0 Å². The molecule has 6 heteroatoms. The van der Waals surface area contributed by atoms with Crippen molar-refractivity contribution in [3.05, 3.63) is 17.0 Å². The second-order valence-electron chi connectivity index (χ2n) is 4.77. The Labute approximate surface area is 120 Å². The maximum absolute atomic E-state index is 12.5. The van der Waals surface area contributed by atoms with Gasteiger partial charge in [0.25, 0.3) is 5.91 Å². The van der Waals surface area contributed by atoms with Crippen LogP contribution in [0, 0.1) is 6.92 Å². The number of hydrogen-bond acceptors (Lipinski definition) is 4. The molecule has 1 saturated heterocycles. The van der Waals surface area contributed by atoms with Gasteiger partial charge >= 0.3 is 0 Å². The predicted octanol–water partition coefficient (Wildman–Crippen LogP) is 1.79. The first-order valence-corrected chi connectivity index (χ1v) is 6.59. The molecule has 1 aromatic rings. The molecule has 1 aliphatic rings. The van der Waals surface area contributed by atoms with Gasteiger partial charge in [-0.25, -0.2) is 0 Å². The molecule has 2 rings (SSSR count). The Morgan fingerprint density at radius 1 is 1.47 bits per heavy atom. The Bertz CT molecular complexity index is 426. The normalized spacial score (nSPS) is 16.3. The van der Waals surface area contributed by atoms with E-state index in [1.807, 2.05) is 25.8 Å². The largest absolute Gasteiger partial charge is 0.360 e. The standard InChI is InChI=1S/C13H21N3O2.ClH/c1-4-11-12(9(2)15-18-11)13(17)16-7-5-10(14-3)6-8-16;/h10,14H,4-8H2,1-3H3;1H. The first-order valence-electron chi connectivity index (χ1n) is 6.59. The van der Waals surface area contributed by atoms with Gasteiger partial charge in [0, 0.05) is 25.6 Å². The third-order valence-electron chi connectivity index (χ3n) is 3.66. The van der Waals surface area contributed by atoms with E-state index in [-0.39, 0.29) is 18.3 Å². The van der Waals surface area contributed by atoms with Crippen LogP contribution in [0.15, 0.2) is 4.52 Å². The van der Waals surface area contributed by atoms with E-state index in [4.69, 9.17) is 4.52 Å². The zero-order chi connectivity index (χ0) is 13.1. The van der Waals surface area contributed by atoms with E-state index < -0.39 is 0 Å². The van der Waals surface area contributed by atoms with E-state index in [0.717, 1.165) is 25.9 Å². The molecular weight excluding hydrogens is 266 g/mol. The van der Waals surface area contributed by atoms with Gasteiger partial charge in [0.15, 0.2) is 0 Å². The Morgan fingerprint density at radius 3 is 2.63 bits per heavy atom. The second kappa shape index (κ2) is 6.91. The number of aryl methyl sites for hydroxylation is 2. The predicted molar refractivity (Wildman–Crippen MR) is 75.9 cm³/mol. The van der Waals surface area contributed by atoms with Crippen molar-refractivity contribution in [2.24, 2.45) is 0 Å². The molecule has 0 atom stereocenters. The molecule has 1 aliphatic heterocycles. The highest BCUT2D eigenvalue weighted by molar-refractivity contribution is 5.96. The fraction of sp³-hybridized carbons (Fsp3) is 0.692. The van der Waals surface area contributed by atoms with Crippen molar-refractivity contribution in [1.29, 1.82) is 0 Å². The molecule has 0 bridgehead atoms. The average Bonchev–Trinajstić information content (AvgIpc) is 2.79. The highest BCUT2D eigenvalue weighted by Crippen LogP contribution is 2.19. The Morgan fingerprint density at radius 2 is 2.11 bits per heavy atom. The number of aromatic nitrogens is 1. The van der Waals surface area contributed by atoms with Gasteiger partial charge in [-0.05, 0) is 26.8 Å². The van der Waals surface area contributed by atoms with Crippen LogP contribution in [0.4, 0.5) is 0 Å². The van der Waals surface area contributed by atoms with Gasteiger partial charge in [0.2, 0.25) is 0 Å². The van der Waals surface area contributed by atoms with Crippen LogP contribution >= 0.6 is 12.4 Å². The molecule has 0 saturated carbocycles. The third kappa shape index (κ3) is 3.28. The number of nitrogens with zero attached hydrogens (tertiary/aromatic N) is 2. The average molecular weight is 288 g/mol. The second-order valence-corrected chi connectivity index (χ2v) is 4.77. The summed E-state index contributed by atoms with van der Waals surface area (Å²) >= 11 is 0. The highest BCUT2D eigenvalue weighted by atomic mass is 35.5. The lowest BCUT2D eigenvalue weighted by Gasteiger charge is -2.31. The molecule has 1 aromatic heterocycles. The van der Waals surface area contributed by atoms with E-state index in [9.17, 15) is 4.79 Å². The van der Waals surface area contributed by atoms with E-state index >= 15 is 0 Å². The van der Waals surface area contributed by atoms with Crippen molar-refractivity contribution >= 4 is 18.3 Å². The summed E-state index contributed by atoms with van der Waals surface area (Å²) < 4.78 is 5.19. The number of hydrogen-bond donors (Lipinski definition) is 1. The van der Waals surface area contributed by atoms with Gasteiger partial charge < -0.3 is 14.7 Å². The van der Waals surface area contributed by atoms with Gasteiger partial charge in [0.1, 0.15) is 11.3 Å². The van der Waals surface area contributed by atoms with E-state index in [1.54, 1.807) is 0 Å². The molecule has 2 heterocycles. The molecule has 1 fully saturated rings. The molecule has 1 N–H and O–H groups in total. The highest BCUT2D eigenvalue weighted by Gasteiger charge is 2.27. The summed E-state index contributed by atoms with van der Waals surface area (Å²) in [5.41, 5.74) is 1.37. The number of amides is 1. The van der Waals surface area contributed by atoms with Crippen LogP contribution in [-0.2, 0) is 6.42 Å². The van der Waals surface area contributed by atoms with Gasteiger partial charge in [-0.1, -0.05) is 12.1 Å². The zero-order valence-electron chi connectivity index (χ0n) is 11.7. The summed E-state index contributed by atoms with van der Waals surface area (Å²) in [6.45, 7) is 5.41. The summed E-state index contributed by atoms with van der Waals surface area (Å²) in [4.78, 5) is 14.4. The monoisotopic (exact) mass is 287 g/mol. The van der Waals surface area contributed by atoms with Gasteiger partial charge in [-0.2, -0.15) is 0 Å². The lowest BCUT2D eigenvalue weighted by atomic mass is 10.0. The molecule has 108 valence electrons. The van der Waals surface area contributed by atoms with Crippen molar-refractivity contribution in [2.45, 2.75) is 39.2 Å². The summed E-state index contributed by atoms with van der Waals surface area (Å²) in [6.07, 6.45) is 2.72. The molecular formula is C13H22ClN3O2. The number of nitrogens with one attached hydrogen (secondary N) is 1. The minimum Gasteiger partial charge on any atom is -0.360 e. The summed E-state index contributed by atoms with van der Waals surface area (Å²) in [5, 5.41) is 7.16. The number of carbonyl (C=O) groups excluding carboxylic acids is 1. The minimum atomic E-state index is 0. The minimum absolute atomic E-state index is 0. The Balaban J connectivity index is 0.00000180. The number of piperidine rings is 1. The van der Waals surface area contributed by atoms with Gasteiger partial charge in [-0.15, -0.1) is 12.4 Å². The quantitative estimate of drug-likeness (QED) is 0.921.